The molecule has 3 N–H and O–H groups in total. The Balaban J connectivity index is 1.21. The molecule has 228 valence electrons. The first-order valence-corrected chi connectivity index (χ1v) is 15.6. The third-order valence-electron chi connectivity index (χ3n) is 7.48. The number of carbonyl (C=O) groups excluding carboxylic acids is 1. The maximum Gasteiger partial charge on any atom is 0.452 e. The largest absolute Gasteiger partial charge is 0.480 e. The van der Waals surface area contributed by atoms with E-state index in [1.807, 2.05) is 6.07 Å². The molecular formula is C26H28F3N3O8S2. The minimum absolute atomic E-state index is 0.0146. The summed E-state index contributed by atoms with van der Waals surface area (Å²) in [6.45, 7) is 0.769. The van der Waals surface area contributed by atoms with E-state index in [0.29, 0.717) is 37.4 Å². The number of β-amino-alcohol motifs (C(OH)–C–C–N with tert-alkyl or cyclic N) is 1. The highest BCUT2D eigenvalue weighted by Gasteiger charge is 2.64. The van der Waals surface area contributed by atoms with Gasteiger partial charge in [-0.05, 0) is 43.2 Å². The van der Waals surface area contributed by atoms with Crippen molar-refractivity contribution >= 4 is 38.8 Å². The fraction of sp³-hybridized carbons (Fsp3) is 0.500. The van der Waals surface area contributed by atoms with Crippen molar-refractivity contribution in [2.75, 3.05) is 19.7 Å². The summed E-state index contributed by atoms with van der Waals surface area (Å²) in [5.74, 6) is -3.30. The van der Waals surface area contributed by atoms with E-state index in [0.717, 1.165) is 17.3 Å². The molecule has 1 aromatic carbocycles. The number of hydrogen-bond donors (Lipinski definition) is 3. The molecule has 1 saturated carbocycles. The van der Waals surface area contributed by atoms with E-state index in [2.05, 4.69) is 14.4 Å². The zero-order valence-electron chi connectivity index (χ0n) is 22.0. The number of benzene rings is 1. The number of carbonyl (C=O) groups is 2. The second-order valence-electron chi connectivity index (χ2n) is 10.4. The second-order valence-corrected chi connectivity index (χ2v) is 13.8. The molecule has 1 aromatic heterocycles. The number of aliphatic hydroxyl groups is 1. The smallest absolute Gasteiger partial charge is 0.452 e. The number of carboxylic acid groups (broad SMARTS) is 1. The van der Waals surface area contributed by atoms with Gasteiger partial charge in [-0.1, -0.05) is 35.5 Å². The molecule has 5 rings (SSSR count). The van der Waals surface area contributed by atoms with Gasteiger partial charge in [0.05, 0.1) is 12.7 Å². The van der Waals surface area contributed by atoms with Crippen LogP contribution in [0.25, 0.3) is 4.91 Å². The van der Waals surface area contributed by atoms with Gasteiger partial charge in [0.25, 0.3) is 0 Å². The number of ether oxygens (including phenoxy) is 1. The number of hydrogen-bond acceptors (Lipinski definition) is 9. The summed E-state index contributed by atoms with van der Waals surface area (Å²) in [6, 6.07) is 7.74. The first kappa shape index (κ1) is 30.4. The van der Waals surface area contributed by atoms with Crippen molar-refractivity contribution in [3.8, 4) is 0 Å². The Labute approximate surface area is 243 Å². The van der Waals surface area contributed by atoms with Crippen molar-refractivity contribution in [3.05, 3.63) is 59.0 Å². The molecule has 11 nitrogen and oxygen atoms in total. The Hall–Kier alpha value is -3.08. The molecule has 1 aliphatic carbocycles. The van der Waals surface area contributed by atoms with Gasteiger partial charge in [-0.25, -0.2) is 13.2 Å². The highest BCUT2D eigenvalue weighted by Crippen LogP contribution is 2.54. The number of nitrogens with zero attached hydrogens (tertiary/aromatic N) is 2. The Morgan fingerprint density at radius 3 is 2.71 bits per heavy atom. The number of aliphatic carboxylic acids is 1. The molecule has 1 saturated heterocycles. The lowest BCUT2D eigenvalue weighted by molar-refractivity contribution is -0.155. The molecule has 0 bridgehead atoms. The molecule has 42 heavy (non-hydrogen) atoms. The van der Waals surface area contributed by atoms with Gasteiger partial charge in [0.1, 0.15) is 15.8 Å². The third kappa shape index (κ3) is 6.31. The van der Waals surface area contributed by atoms with Crippen LogP contribution in [0.2, 0.25) is 0 Å². The zero-order valence-corrected chi connectivity index (χ0v) is 23.7. The van der Waals surface area contributed by atoms with Crippen LogP contribution in [0.1, 0.15) is 54.2 Å². The molecule has 0 spiro atoms. The highest BCUT2D eigenvalue weighted by molar-refractivity contribution is 8.18. The van der Waals surface area contributed by atoms with Gasteiger partial charge in [-0.15, -0.1) is 11.8 Å². The summed E-state index contributed by atoms with van der Waals surface area (Å²) in [4.78, 5) is 26.1. The van der Waals surface area contributed by atoms with Gasteiger partial charge >= 0.3 is 18.2 Å². The first-order chi connectivity index (χ1) is 19.8. The van der Waals surface area contributed by atoms with E-state index in [4.69, 9.17) is 4.74 Å². The molecule has 16 heteroatoms. The number of rotatable bonds is 10. The van der Waals surface area contributed by atoms with Crippen molar-refractivity contribution in [1.29, 1.82) is 0 Å². The Morgan fingerprint density at radius 2 is 2.05 bits per heavy atom. The van der Waals surface area contributed by atoms with Gasteiger partial charge in [0.2, 0.25) is 15.8 Å². The number of aryl methyl sites for hydroxylation is 1. The predicted molar refractivity (Wildman–Crippen MR) is 144 cm³/mol. The monoisotopic (exact) mass is 631 g/mol. The lowest BCUT2D eigenvalue weighted by atomic mass is 9.97. The first-order valence-electron chi connectivity index (χ1n) is 13.1. The Kier molecular flexibility index (Phi) is 8.35. The van der Waals surface area contributed by atoms with Crippen LogP contribution in [0.4, 0.5) is 18.0 Å². The molecule has 3 unspecified atom stereocenters. The maximum atomic E-state index is 13.3. The van der Waals surface area contributed by atoms with Crippen LogP contribution in [0, 0.1) is 0 Å². The number of sulfonamides is 1. The summed E-state index contributed by atoms with van der Waals surface area (Å²) in [5, 5.41) is 23.0. The number of halogens is 3. The average Bonchev–Trinajstić information content (AvgIpc) is 3.38. The minimum atomic E-state index is -4.74. The highest BCUT2D eigenvalue weighted by atomic mass is 32.3. The molecule has 1 amide bonds. The number of likely N-dealkylation sites (tertiary alicyclic amines) is 1. The number of allylic oxidation sites excluding steroid dienone is 1. The number of aliphatic hydroxyl groups excluding tert-OH is 1. The molecule has 2 aliphatic heterocycles. The van der Waals surface area contributed by atoms with E-state index in [9.17, 15) is 41.4 Å². The summed E-state index contributed by atoms with van der Waals surface area (Å²) in [6.07, 6.45) is -3.02. The molecule has 2 aromatic rings. The molecule has 3 heterocycles. The average molecular weight is 632 g/mol. The van der Waals surface area contributed by atoms with Crippen molar-refractivity contribution in [3.63, 3.8) is 0 Å². The van der Waals surface area contributed by atoms with Crippen molar-refractivity contribution < 1.29 is 50.7 Å². The fourth-order valence-electron chi connectivity index (χ4n) is 5.19. The Bertz CT molecular complexity index is 1500. The maximum absolute atomic E-state index is 13.3. The summed E-state index contributed by atoms with van der Waals surface area (Å²) >= 11 is 0.769. The number of nitrogens with one attached hydrogen (secondary N) is 1. The summed E-state index contributed by atoms with van der Waals surface area (Å²) < 4.78 is 76.0. The van der Waals surface area contributed by atoms with E-state index in [1.54, 1.807) is 18.2 Å². The van der Waals surface area contributed by atoms with Crippen molar-refractivity contribution in [1.82, 2.24) is 14.8 Å². The van der Waals surface area contributed by atoms with Crippen LogP contribution in [0.5, 0.6) is 0 Å². The molecule has 4 atom stereocenters. The zero-order chi connectivity index (χ0) is 30.3. The lowest BCUT2D eigenvalue weighted by Gasteiger charge is -2.20. The standard InChI is InChI=1S/C26H28F3N3O8S2/c27-26(28,29)21-12-19(30-40-21)20-7-8-22(41-20)42(37,38)31-25(23(34)35)13-18(25)17-6-2-1-4-15(17)5-3-11-39-24(36)32-10-9-16(33)14-32/h1-2,4,6-7,12,16,18,22,31,33H,3,5,8-11,13-14H2,(H,34,35)/t16-,18?,22?,25?/m1/s1. The van der Waals surface area contributed by atoms with Crippen LogP contribution < -0.4 is 4.72 Å². The number of thioether (sulfide) groups is 1. The minimum Gasteiger partial charge on any atom is -0.480 e. The molecule has 2 fully saturated rings. The summed E-state index contributed by atoms with van der Waals surface area (Å²) in [7, 11) is -4.24. The van der Waals surface area contributed by atoms with Gasteiger partial charge in [-0.2, -0.15) is 17.9 Å². The van der Waals surface area contributed by atoms with E-state index < -0.39 is 56.2 Å². The second kappa shape index (κ2) is 11.5. The van der Waals surface area contributed by atoms with Gasteiger partial charge in [-0.3, -0.25) is 4.79 Å². The quantitative estimate of drug-likeness (QED) is 0.331. The number of amides is 1. The van der Waals surface area contributed by atoms with E-state index in [-0.39, 0.29) is 36.6 Å². The number of alkyl halides is 3. The van der Waals surface area contributed by atoms with Crippen LogP contribution in [-0.4, -0.2) is 76.7 Å². The van der Waals surface area contributed by atoms with Crippen LogP contribution >= 0.6 is 11.8 Å². The molecular weight excluding hydrogens is 603 g/mol. The molecule has 0 radical (unpaired) electrons. The van der Waals surface area contributed by atoms with Crippen molar-refractivity contribution in [2.45, 2.75) is 60.4 Å². The van der Waals surface area contributed by atoms with E-state index in [1.165, 1.54) is 11.0 Å². The van der Waals surface area contributed by atoms with Crippen LogP contribution in [0.3, 0.4) is 0 Å². The fourth-order valence-corrected chi connectivity index (χ4v) is 8.34. The lowest BCUT2D eigenvalue weighted by Crippen LogP contribution is -2.47. The summed E-state index contributed by atoms with van der Waals surface area (Å²) in [5.41, 5.74) is -0.474. The topological polar surface area (TPSA) is 159 Å². The number of carboxylic acids is 1. The van der Waals surface area contributed by atoms with Crippen LogP contribution in [-0.2, 0) is 32.2 Å². The Morgan fingerprint density at radius 1 is 1.29 bits per heavy atom. The van der Waals surface area contributed by atoms with Crippen molar-refractivity contribution in [2.24, 2.45) is 0 Å². The van der Waals surface area contributed by atoms with E-state index >= 15 is 0 Å². The molecule has 3 aliphatic rings. The van der Waals surface area contributed by atoms with Crippen LogP contribution in [0.15, 0.2) is 40.9 Å². The third-order valence-corrected chi connectivity index (χ3v) is 11.1. The predicted octanol–water partition coefficient (Wildman–Crippen LogP) is 3.56. The van der Waals surface area contributed by atoms with Gasteiger partial charge < -0.3 is 24.4 Å². The van der Waals surface area contributed by atoms with Gasteiger partial charge in [0.15, 0.2) is 0 Å². The van der Waals surface area contributed by atoms with Gasteiger partial charge in [0, 0.05) is 30.0 Å². The normalized spacial score (nSPS) is 25.9. The number of aromatic nitrogens is 1. The SMILES string of the molecule is O=C(OCCCc1ccccc1C1CC1(NS(=O)(=O)C1CC=C(c2cc(C(F)(F)F)on2)S1)C(=O)O)N1CC[C@@H](O)C1.